The molecule has 166 valence electrons. The van der Waals surface area contributed by atoms with E-state index >= 15 is 0 Å². The molecule has 1 aromatic carbocycles. The first-order chi connectivity index (χ1) is 14.4. The first-order valence-electron chi connectivity index (χ1n) is 9.30. The smallest absolute Gasteiger partial charge is 0.264 e. The molecule has 3 rings (SSSR count). The molecule has 2 heterocycles. The minimum atomic E-state index is -3.52. The van der Waals surface area contributed by atoms with Crippen molar-refractivity contribution in [1.82, 2.24) is 19.3 Å². The number of aromatic nitrogens is 3. The SMILES string of the molecule is COc1ccc(-c2cc3ncn(C)c(=O)c3c(NC(C)(C)NS(C)(=O)=O)n2)cc1OC. The summed E-state index contributed by atoms with van der Waals surface area (Å²) in [5, 5.41) is 3.28. The van der Waals surface area contributed by atoms with E-state index in [0.29, 0.717) is 28.3 Å². The number of aryl methyl sites for hydroxylation is 1. The second kappa shape index (κ2) is 8.16. The Morgan fingerprint density at radius 3 is 2.39 bits per heavy atom. The van der Waals surface area contributed by atoms with Gasteiger partial charge in [0.1, 0.15) is 11.2 Å². The van der Waals surface area contributed by atoms with Gasteiger partial charge in [-0.15, -0.1) is 0 Å². The molecule has 0 atom stereocenters. The second-order valence-electron chi connectivity index (χ2n) is 7.60. The van der Waals surface area contributed by atoms with Crippen LogP contribution in [0.2, 0.25) is 0 Å². The Kier molecular flexibility index (Phi) is 5.92. The van der Waals surface area contributed by atoms with Gasteiger partial charge in [0, 0.05) is 12.6 Å². The lowest BCUT2D eigenvalue weighted by atomic mass is 10.1. The minimum Gasteiger partial charge on any atom is -0.493 e. The molecule has 0 bridgehead atoms. The highest BCUT2D eigenvalue weighted by Gasteiger charge is 2.25. The summed E-state index contributed by atoms with van der Waals surface area (Å²) in [6.45, 7) is 3.26. The number of nitrogens with zero attached hydrogens (tertiary/aromatic N) is 3. The van der Waals surface area contributed by atoms with Gasteiger partial charge in [0.05, 0.1) is 43.7 Å². The molecular weight excluding hydrogens is 422 g/mol. The van der Waals surface area contributed by atoms with Crippen molar-refractivity contribution in [3.63, 3.8) is 0 Å². The van der Waals surface area contributed by atoms with E-state index in [2.05, 4.69) is 20.0 Å². The summed E-state index contributed by atoms with van der Waals surface area (Å²) in [6, 6.07) is 7.01. The monoisotopic (exact) mass is 447 g/mol. The van der Waals surface area contributed by atoms with Crippen LogP contribution in [-0.2, 0) is 17.1 Å². The Labute approximate surface area is 180 Å². The summed E-state index contributed by atoms with van der Waals surface area (Å²) in [7, 11) is 1.14. The Bertz CT molecular complexity index is 1300. The fourth-order valence-corrected chi connectivity index (χ4v) is 4.22. The summed E-state index contributed by atoms with van der Waals surface area (Å²) in [5.74, 6) is 1.29. The van der Waals surface area contributed by atoms with Crippen molar-refractivity contribution in [1.29, 1.82) is 0 Å². The Hall–Kier alpha value is -3.18. The molecule has 31 heavy (non-hydrogen) atoms. The molecule has 0 aliphatic heterocycles. The van der Waals surface area contributed by atoms with Gasteiger partial charge in [-0.25, -0.2) is 18.4 Å². The lowest BCUT2D eigenvalue weighted by Gasteiger charge is -2.27. The van der Waals surface area contributed by atoms with Crippen molar-refractivity contribution in [2.45, 2.75) is 19.5 Å². The van der Waals surface area contributed by atoms with Crippen molar-refractivity contribution in [2.24, 2.45) is 7.05 Å². The van der Waals surface area contributed by atoms with Crippen LogP contribution in [0.4, 0.5) is 5.82 Å². The number of sulfonamides is 1. The molecule has 0 saturated carbocycles. The first-order valence-corrected chi connectivity index (χ1v) is 11.2. The third-order valence-electron chi connectivity index (χ3n) is 4.45. The molecular formula is C20H25N5O5S. The quantitative estimate of drug-likeness (QED) is 0.525. The average molecular weight is 448 g/mol. The van der Waals surface area contributed by atoms with E-state index in [-0.39, 0.29) is 16.8 Å². The van der Waals surface area contributed by atoms with Crippen molar-refractivity contribution >= 4 is 26.7 Å². The van der Waals surface area contributed by atoms with Crippen molar-refractivity contribution in [3.8, 4) is 22.8 Å². The van der Waals surface area contributed by atoms with Crippen LogP contribution in [0.15, 0.2) is 35.4 Å². The van der Waals surface area contributed by atoms with Crippen molar-refractivity contribution in [3.05, 3.63) is 40.9 Å². The third kappa shape index (κ3) is 4.94. The molecule has 0 saturated heterocycles. The van der Waals surface area contributed by atoms with E-state index in [1.807, 2.05) is 0 Å². The fourth-order valence-electron chi connectivity index (χ4n) is 3.24. The van der Waals surface area contributed by atoms with E-state index in [9.17, 15) is 13.2 Å². The van der Waals surface area contributed by atoms with Crippen LogP contribution in [0.25, 0.3) is 22.2 Å². The average Bonchev–Trinajstić information content (AvgIpc) is 2.67. The van der Waals surface area contributed by atoms with Crippen LogP contribution in [-0.4, -0.2) is 49.1 Å². The molecule has 0 spiro atoms. The molecule has 0 aliphatic carbocycles. The molecule has 2 N–H and O–H groups in total. The molecule has 0 unspecified atom stereocenters. The van der Waals surface area contributed by atoms with Crippen molar-refractivity contribution in [2.75, 3.05) is 25.8 Å². The number of anilines is 1. The number of hydrogen-bond donors (Lipinski definition) is 2. The van der Waals surface area contributed by atoms with Gasteiger partial charge in [0.25, 0.3) is 5.56 Å². The van der Waals surface area contributed by atoms with Gasteiger partial charge >= 0.3 is 0 Å². The predicted octanol–water partition coefficient (Wildman–Crippen LogP) is 1.71. The summed E-state index contributed by atoms with van der Waals surface area (Å²) in [5.41, 5.74) is 0.213. The fraction of sp³-hybridized carbons (Fsp3) is 0.350. The van der Waals surface area contributed by atoms with Crippen LogP contribution < -0.4 is 25.1 Å². The van der Waals surface area contributed by atoms with Gasteiger partial charge in [-0.1, -0.05) is 0 Å². The highest BCUT2D eigenvalue weighted by Crippen LogP contribution is 2.33. The lowest BCUT2D eigenvalue weighted by molar-refractivity contribution is 0.355. The normalized spacial score (nSPS) is 12.1. The lowest BCUT2D eigenvalue weighted by Crippen LogP contribution is -2.49. The largest absolute Gasteiger partial charge is 0.493 e. The van der Waals surface area contributed by atoms with E-state index in [0.717, 1.165) is 6.26 Å². The molecule has 0 radical (unpaired) electrons. The van der Waals surface area contributed by atoms with E-state index in [1.165, 1.54) is 18.0 Å². The minimum absolute atomic E-state index is 0.206. The zero-order valence-electron chi connectivity index (χ0n) is 18.2. The summed E-state index contributed by atoms with van der Waals surface area (Å²) >= 11 is 0. The molecule has 2 aromatic heterocycles. The van der Waals surface area contributed by atoms with E-state index in [1.54, 1.807) is 52.3 Å². The molecule has 10 nitrogen and oxygen atoms in total. The van der Waals surface area contributed by atoms with Crippen LogP contribution in [0.1, 0.15) is 13.8 Å². The molecule has 0 fully saturated rings. The highest BCUT2D eigenvalue weighted by molar-refractivity contribution is 7.88. The first kappa shape index (κ1) is 22.5. The number of hydrogen-bond acceptors (Lipinski definition) is 8. The Balaban J connectivity index is 2.23. The molecule has 0 aliphatic rings. The number of fused-ring (bicyclic) bond motifs is 1. The second-order valence-corrected chi connectivity index (χ2v) is 9.35. The van der Waals surface area contributed by atoms with Crippen LogP contribution in [0.3, 0.4) is 0 Å². The highest BCUT2D eigenvalue weighted by atomic mass is 32.2. The van der Waals surface area contributed by atoms with E-state index < -0.39 is 15.7 Å². The van der Waals surface area contributed by atoms with Crippen LogP contribution in [0.5, 0.6) is 11.5 Å². The number of nitrogens with one attached hydrogen (secondary N) is 2. The van der Waals surface area contributed by atoms with Gasteiger partial charge < -0.3 is 19.4 Å². The van der Waals surface area contributed by atoms with Gasteiger partial charge in [-0.05, 0) is 38.1 Å². The third-order valence-corrected chi connectivity index (χ3v) is 5.33. The number of rotatable bonds is 7. The summed E-state index contributed by atoms with van der Waals surface area (Å²) in [4.78, 5) is 21.8. The standard InChI is InChI=1S/C20H25N5O5S/c1-20(2,24-31(6,27)28)23-18-17-14(21-11-25(3)19(17)26)10-13(22-18)12-7-8-15(29-4)16(9-12)30-5/h7-11,24H,1-6H3,(H,22,23). The number of methoxy groups -OCH3 is 2. The van der Waals surface area contributed by atoms with E-state index in [4.69, 9.17) is 9.47 Å². The number of ether oxygens (including phenoxy) is 2. The zero-order valence-corrected chi connectivity index (χ0v) is 19.0. The topological polar surface area (TPSA) is 124 Å². The van der Waals surface area contributed by atoms with Gasteiger partial charge in [-0.2, -0.15) is 4.72 Å². The van der Waals surface area contributed by atoms with Crippen LogP contribution in [0, 0.1) is 0 Å². The van der Waals surface area contributed by atoms with Gasteiger partial charge in [0.2, 0.25) is 10.0 Å². The van der Waals surface area contributed by atoms with Gasteiger partial charge in [0.15, 0.2) is 11.5 Å². The Morgan fingerprint density at radius 2 is 1.77 bits per heavy atom. The number of benzene rings is 1. The molecule has 0 amide bonds. The molecule has 3 aromatic rings. The predicted molar refractivity (Wildman–Crippen MR) is 119 cm³/mol. The summed E-state index contributed by atoms with van der Waals surface area (Å²) in [6.07, 6.45) is 2.48. The number of pyridine rings is 1. The van der Waals surface area contributed by atoms with Crippen LogP contribution >= 0.6 is 0 Å². The van der Waals surface area contributed by atoms with Gasteiger partial charge in [-0.3, -0.25) is 4.79 Å². The maximum absolute atomic E-state index is 12.8. The molecule has 11 heteroatoms. The zero-order chi connectivity index (χ0) is 23.0. The maximum Gasteiger partial charge on any atom is 0.264 e. The maximum atomic E-state index is 12.8. The Morgan fingerprint density at radius 1 is 1.10 bits per heavy atom. The van der Waals surface area contributed by atoms with Crippen molar-refractivity contribution < 1.29 is 17.9 Å². The summed E-state index contributed by atoms with van der Waals surface area (Å²) < 4.78 is 38.0.